The Kier molecular flexibility index (Phi) is 6.47. The number of nitrogens with zero attached hydrogens (tertiary/aromatic N) is 3. The van der Waals surface area contributed by atoms with Crippen LogP contribution in [0.3, 0.4) is 0 Å². The summed E-state index contributed by atoms with van der Waals surface area (Å²) in [6, 6.07) is 3.54. The normalized spacial score (nSPS) is 17.8. The first kappa shape index (κ1) is 19.4. The molecule has 0 spiro atoms. The molecule has 6 nitrogen and oxygen atoms in total. The molecular formula is C19H27F2N5O. The number of carbonyl (C=O) groups is 1. The molecular weight excluding hydrogens is 352 g/mol. The van der Waals surface area contributed by atoms with Crippen LogP contribution in [0, 0.1) is 17.6 Å². The molecule has 0 aromatic heterocycles. The second kappa shape index (κ2) is 9.01. The van der Waals surface area contributed by atoms with Gasteiger partial charge in [0, 0.05) is 51.3 Å². The maximum Gasteiger partial charge on any atom is 0.223 e. The van der Waals surface area contributed by atoms with Gasteiger partial charge in [0.2, 0.25) is 5.91 Å². The number of halogens is 2. The van der Waals surface area contributed by atoms with E-state index < -0.39 is 11.6 Å². The molecule has 0 atom stereocenters. The van der Waals surface area contributed by atoms with Crippen LogP contribution in [0.25, 0.3) is 0 Å². The van der Waals surface area contributed by atoms with Gasteiger partial charge in [-0.1, -0.05) is 0 Å². The lowest BCUT2D eigenvalue weighted by Crippen LogP contribution is -2.53. The Morgan fingerprint density at radius 3 is 2.59 bits per heavy atom. The van der Waals surface area contributed by atoms with Crippen LogP contribution in [0.15, 0.2) is 23.2 Å². The predicted molar refractivity (Wildman–Crippen MR) is 102 cm³/mol. The highest BCUT2D eigenvalue weighted by molar-refractivity contribution is 5.81. The van der Waals surface area contributed by atoms with Crippen molar-refractivity contribution in [2.45, 2.75) is 19.8 Å². The Morgan fingerprint density at radius 2 is 1.93 bits per heavy atom. The van der Waals surface area contributed by atoms with E-state index in [-0.39, 0.29) is 11.8 Å². The first-order chi connectivity index (χ1) is 13.1. The number of piperazine rings is 1. The third-order valence-corrected chi connectivity index (χ3v) is 4.78. The van der Waals surface area contributed by atoms with Crippen LogP contribution in [0.4, 0.5) is 14.5 Å². The van der Waals surface area contributed by atoms with Crippen molar-refractivity contribution in [3.8, 4) is 0 Å². The standard InChI is InChI=1S/C19H27F2N5O/c1-2-22-19(24-8-7-23-18(27)14-3-4-14)26-11-9-25(10-12-26)17-13-15(20)5-6-16(17)21/h5-6,13-14H,2-4,7-12H2,1H3,(H,22,24)(H,23,27). The van der Waals surface area contributed by atoms with Crippen LogP contribution in [0.1, 0.15) is 19.8 Å². The maximum absolute atomic E-state index is 14.0. The van der Waals surface area contributed by atoms with Gasteiger partial charge in [-0.15, -0.1) is 0 Å². The van der Waals surface area contributed by atoms with Crippen LogP contribution in [-0.2, 0) is 4.79 Å². The maximum atomic E-state index is 14.0. The molecule has 3 rings (SSSR count). The van der Waals surface area contributed by atoms with E-state index in [0.29, 0.717) is 45.0 Å². The summed E-state index contributed by atoms with van der Waals surface area (Å²) >= 11 is 0. The number of carbonyl (C=O) groups excluding carboxylic acids is 1. The van der Waals surface area contributed by atoms with Crippen LogP contribution in [-0.4, -0.2) is 62.6 Å². The van der Waals surface area contributed by atoms with E-state index >= 15 is 0 Å². The Hall–Kier alpha value is -2.38. The molecule has 1 heterocycles. The lowest BCUT2D eigenvalue weighted by Gasteiger charge is -2.37. The Labute approximate surface area is 158 Å². The third kappa shape index (κ3) is 5.30. The summed E-state index contributed by atoms with van der Waals surface area (Å²) < 4.78 is 27.4. The van der Waals surface area contributed by atoms with E-state index in [1.807, 2.05) is 11.8 Å². The van der Waals surface area contributed by atoms with Crippen molar-refractivity contribution >= 4 is 17.6 Å². The Bertz CT molecular complexity index is 685. The number of guanidine groups is 1. The summed E-state index contributed by atoms with van der Waals surface area (Å²) in [6.45, 7) is 6.28. The van der Waals surface area contributed by atoms with Crippen molar-refractivity contribution in [3.63, 3.8) is 0 Å². The van der Waals surface area contributed by atoms with E-state index in [4.69, 9.17) is 0 Å². The van der Waals surface area contributed by atoms with Gasteiger partial charge in [-0.25, -0.2) is 8.78 Å². The van der Waals surface area contributed by atoms with Gasteiger partial charge in [0.05, 0.1) is 12.2 Å². The smallest absolute Gasteiger partial charge is 0.223 e. The molecule has 1 aromatic carbocycles. The van der Waals surface area contributed by atoms with Crippen molar-refractivity contribution < 1.29 is 13.6 Å². The number of hydrogen-bond donors (Lipinski definition) is 2. The molecule has 1 aliphatic carbocycles. The topological polar surface area (TPSA) is 60.0 Å². The first-order valence-electron chi connectivity index (χ1n) is 9.59. The minimum absolute atomic E-state index is 0.126. The molecule has 1 saturated carbocycles. The number of hydrogen-bond acceptors (Lipinski definition) is 3. The molecule has 1 aromatic rings. The lowest BCUT2D eigenvalue weighted by molar-refractivity contribution is -0.122. The minimum atomic E-state index is -0.433. The van der Waals surface area contributed by atoms with Gasteiger partial charge in [-0.05, 0) is 31.9 Å². The van der Waals surface area contributed by atoms with E-state index in [1.54, 1.807) is 0 Å². The van der Waals surface area contributed by atoms with Gasteiger partial charge in [0.15, 0.2) is 5.96 Å². The third-order valence-electron chi connectivity index (χ3n) is 4.78. The van der Waals surface area contributed by atoms with Gasteiger partial charge in [-0.3, -0.25) is 9.79 Å². The fraction of sp³-hybridized carbons (Fsp3) is 0.579. The minimum Gasteiger partial charge on any atom is -0.366 e. The fourth-order valence-electron chi connectivity index (χ4n) is 3.14. The number of nitrogens with one attached hydrogen (secondary N) is 2. The number of rotatable bonds is 6. The van der Waals surface area contributed by atoms with E-state index in [0.717, 1.165) is 31.4 Å². The zero-order valence-electron chi connectivity index (χ0n) is 15.7. The second-order valence-electron chi connectivity index (χ2n) is 6.87. The highest BCUT2D eigenvalue weighted by atomic mass is 19.1. The van der Waals surface area contributed by atoms with Crippen LogP contribution < -0.4 is 15.5 Å². The molecule has 1 amide bonds. The molecule has 27 heavy (non-hydrogen) atoms. The molecule has 8 heteroatoms. The molecule has 0 unspecified atom stereocenters. The van der Waals surface area contributed by atoms with Crippen LogP contribution in [0.5, 0.6) is 0 Å². The van der Waals surface area contributed by atoms with Crippen molar-refractivity contribution in [1.29, 1.82) is 0 Å². The number of aliphatic imine (C=N–C) groups is 1. The van der Waals surface area contributed by atoms with Crippen molar-refractivity contribution in [1.82, 2.24) is 15.5 Å². The average molecular weight is 379 g/mol. The van der Waals surface area contributed by atoms with Crippen LogP contribution in [0.2, 0.25) is 0 Å². The predicted octanol–water partition coefficient (Wildman–Crippen LogP) is 1.58. The number of amides is 1. The largest absolute Gasteiger partial charge is 0.366 e. The Morgan fingerprint density at radius 1 is 1.19 bits per heavy atom. The molecule has 2 aliphatic rings. The van der Waals surface area contributed by atoms with Gasteiger partial charge >= 0.3 is 0 Å². The van der Waals surface area contributed by atoms with Crippen LogP contribution >= 0.6 is 0 Å². The molecule has 2 N–H and O–H groups in total. The zero-order valence-corrected chi connectivity index (χ0v) is 15.7. The van der Waals surface area contributed by atoms with Gasteiger partial charge in [0.25, 0.3) is 0 Å². The second-order valence-corrected chi connectivity index (χ2v) is 6.87. The van der Waals surface area contributed by atoms with E-state index in [2.05, 4.69) is 20.5 Å². The molecule has 2 fully saturated rings. The zero-order chi connectivity index (χ0) is 19.2. The van der Waals surface area contributed by atoms with Crippen molar-refractivity contribution in [2.24, 2.45) is 10.9 Å². The van der Waals surface area contributed by atoms with Gasteiger partial charge in [-0.2, -0.15) is 0 Å². The monoisotopic (exact) mass is 379 g/mol. The molecule has 148 valence electrons. The molecule has 0 bridgehead atoms. The van der Waals surface area contributed by atoms with Gasteiger partial charge in [0.1, 0.15) is 11.6 Å². The highest BCUT2D eigenvalue weighted by Gasteiger charge is 2.29. The molecule has 1 aliphatic heterocycles. The summed E-state index contributed by atoms with van der Waals surface area (Å²) in [7, 11) is 0. The van der Waals surface area contributed by atoms with Crippen molar-refractivity contribution in [3.05, 3.63) is 29.8 Å². The van der Waals surface area contributed by atoms with E-state index in [1.165, 1.54) is 12.1 Å². The highest BCUT2D eigenvalue weighted by Crippen LogP contribution is 2.28. The summed E-state index contributed by atoms with van der Waals surface area (Å²) in [4.78, 5) is 20.2. The van der Waals surface area contributed by atoms with Gasteiger partial charge < -0.3 is 20.4 Å². The number of benzene rings is 1. The fourth-order valence-corrected chi connectivity index (χ4v) is 3.14. The van der Waals surface area contributed by atoms with E-state index in [9.17, 15) is 13.6 Å². The summed E-state index contributed by atoms with van der Waals surface area (Å²) in [5.41, 5.74) is 0.305. The number of anilines is 1. The average Bonchev–Trinajstić information content (AvgIpc) is 3.51. The summed E-state index contributed by atoms with van der Waals surface area (Å²) in [5, 5.41) is 6.17. The Balaban J connectivity index is 1.52. The van der Waals surface area contributed by atoms with Crippen molar-refractivity contribution in [2.75, 3.05) is 50.7 Å². The molecule has 1 saturated heterocycles. The first-order valence-corrected chi connectivity index (χ1v) is 9.59. The lowest BCUT2D eigenvalue weighted by atomic mass is 10.2. The summed E-state index contributed by atoms with van der Waals surface area (Å²) in [5.74, 6) is 0.283. The molecule has 0 radical (unpaired) electrons. The quantitative estimate of drug-likeness (QED) is 0.448. The summed E-state index contributed by atoms with van der Waals surface area (Å²) in [6.07, 6.45) is 1.99. The SMILES string of the molecule is CCNC(=NCCNC(=O)C1CC1)N1CCN(c2cc(F)ccc2F)CC1.